The topological polar surface area (TPSA) is 61.3 Å². The molecule has 30 heavy (non-hydrogen) atoms. The van der Waals surface area contributed by atoms with Gasteiger partial charge in [-0.05, 0) is 96.1 Å². The van der Waals surface area contributed by atoms with Gasteiger partial charge in [0.15, 0.2) is 0 Å². The predicted molar refractivity (Wildman–Crippen MR) is 126 cm³/mol. The Morgan fingerprint density at radius 1 is 0.633 bits per heavy atom. The lowest BCUT2D eigenvalue weighted by atomic mass is 9.98. The van der Waals surface area contributed by atoms with Gasteiger partial charge in [-0.15, -0.1) is 0 Å². The number of benzene rings is 4. The Kier molecular flexibility index (Phi) is 5.44. The molecule has 150 valence electrons. The molecule has 0 bridgehead atoms. The number of aryl methyl sites for hydroxylation is 2. The predicted octanol–water partition coefficient (Wildman–Crippen LogP) is 6.52. The van der Waals surface area contributed by atoms with Gasteiger partial charge < -0.3 is 16.2 Å². The monoisotopic (exact) mass is 394 g/mol. The molecule has 0 spiro atoms. The number of anilines is 2. The van der Waals surface area contributed by atoms with Gasteiger partial charge in [0, 0.05) is 11.4 Å². The van der Waals surface area contributed by atoms with E-state index in [-0.39, 0.29) is 0 Å². The highest BCUT2D eigenvalue weighted by Gasteiger charge is 2.05. The molecule has 0 heterocycles. The van der Waals surface area contributed by atoms with Crippen molar-refractivity contribution in [3.63, 3.8) is 0 Å². The lowest BCUT2D eigenvalue weighted by molar-refractivity contribution is 0.479. The van der Waals surface area contributed by atoms with Crippen molar-refractivity contribution in [2.45, 2.75) is 20.3 Å². The molecule has 0 unspecified atom stereocenters. The Morgan fingerprint density at radius 3 is 1.80 bits per heavy atom. The lowest BCUT2D eigenvalue weighted by Crippen LogP contribution is -1.94. The van der Waals surface area contributed by atoms with Crippen molar-refractivity contribution in [1.29, 1.82) is 0 Å². The van der Waals surface area contributed by atoms with Crippen LogP contribution in [0.5, 0.6) is 11.5 Å². The molecule has 4 rings (SSSR count). The highest BCUT2D eigenvalue weighted by atomic mass is 16.5. The summed E-state index contributed by atoms with van der Waals surface area (Å²) in [6.45, 7) is 4.10. The number of nitrogens with two attached hydrogens (primary N) is 2. The molecule has 0 amide bonds. The van der Waals surface area contributed by atoms with Crippen molar-refractivity contribution >= 4 is 11.4 Å². The van der Waals surface area contributed by atoms with Crippen molar-refractivity contribution in [3.05, 3.63) is 107 Å². The Hall–Kier alpha value is -3.72. The number of ether oxygens (including phenoxy) is 1. The van der Waals surface area contributed by atoms with Crippen LogP contribution < -0.4 is 16.2 Å². The van der Waals surface area contributed by atoms with Crippen LogP contribution in [0.25, 0.3) is 11.1 Å². The summed E-state index contributed by atoms with van der Waals surface area (Å²) in [6.07, 6.45) is 0.903. The van der Waals surface area contributed by atoms with Gasteiger partial charge in [0.05, 0.1) is 0 Å². The molecule has 3 heteroatoms. The van der Waals surface area contributed by atoms with Gasteiger partial charge in [0.2, 0.25) is 0 Å². The second-order valence-corrected chi connectivity index (χ2v) is 7.71. The molecule has 0 aliphatic carbocycles. The second kappa shape index (κ2) is 8.34. The smallest absolute Gasteiger partial charge is 0.130 e. The summed E-state index contributed by atoms with van der Waals surface area (Å²) in [7, 11) is 0. The zero-order chi connectivity index (χ0) is 21.1. The summed E-state index contributed by atoms with van der Waals surface area (Å²) < 4.78 is 6.00. The minimum atomic E-state index is 0.741. The van der Waals surface area contributed by atoms with Gasteiger partial charge in [-0.2, -0.15) is 0 Å². The van der Waals surface area contributed by atoms with E-state index in [1.165, 1.54) is 22.3 Å². The maximum Gasteiger partial charge on any atom is 0.130 e. The van der Waals surface area contributed by atoms with Crippen molar-refractivity contribution in [2.75, 3.05) is 11.5 Å². The van der Waals surface area contributed by atoms with E-state index in [0.29, 0.717) is 0 Å². The van der Waals surface area contributed by atoms with Crippen LogP contribution in [0, 0.1) is 13.8 Å². The van der Waals surface area contributed by atoms with E-state index in [4.69, 9.17) is 16.2 Å². The molecule has 4 aromatic carbocycles. The first-order valence-corrected chi connectivity index (χ1v) is 10.1. The molecule has 3 nitrogen and oxygen atoms in total. The summed E-state index contributed by atoms with van der Waals surface area (Å²) >= 11 is 0. The lowest BCUT2D eigenvalue weighted by Gasteiger charge is -2.11. The Bertz CT molecular complexity index is 1070. The zero-order valence-corrected chi connectivity index (χ0v) is 17.4. The Morgan fingerprint density at radius 2 is 1.20 bits per heavy atom. The first kappa shape index (κ1) is 19.6. The summed E-state index contributed by atoms with van der Waals surface area (Å²) in [5.74, 6) is 1.63. The number of nitrogen functional groups attached to an aromatic ring is 2. The van der Waals surface area contributed by atoms with Gasteiger partial charge in [0.1, 0.15) is 11.5 Å². The maximum absolute atomic E-state index is 6.00. The number of hydrogen-bond donors (Lipinski definition) is 2. The van der Waals surface area contributed by atoms with E-state index in [9.17, 15) is 0 Å². The van der Waals surface area contributed by atoms with E-state index in [2.05, 4.69) is 49.4 Å². The van der Waals surface area contributed by atoms with Crippen LogP contribution in [0.4, 0.5) is 11.4 Å². The highest BCUT2D eigenvalue weighted by molar-refractivity contribution is 5.65. The molecule has 0 fully saturated rings. The first-order chi connectivity index (χ1) is 14.5. The van der Waals surface area contributed by atoms with Crippen molar-refractivity contribution in [2.24, 2.45) is 0 Å². The summed E-state index contributed by atoms with van der Waals surface area (Å²) in [6, 6.07) is 28.6. The quantitative estimate of drug-likeness (QED) is 0.379. The third-order valence-corrected chi connectivity index (χ3v) is 5.33. The van der Waals surface area contributed by atoms with E-state index in [1.807, 2.05) is 49.4 Å². The van der Waals surface area contributed by atoms with Gasteiger partial charge in [0.25, 0.3) is 0 Å². The molecular weight excluding hydrogens is 368 g/mol. The second-order valence-electron chi connectivity index (χ2n) is 7.71. The first-order valence-electron chi connectivity index (χ1n) is 10.1. The SMILES string of the molecule is Cc1cc(N)ccc1Cc1ccc(-c2ccc(Oc3ccc(N)cc3C)cc2)cc1. The zero-order valence-electron chi connectivity index (χ0n) is 17.4. The van der Waals surface area contributed by atoms with E-state index in [1.54, 1.807) is 0 Å². The molecule has 4 aromatic rings. The minimum Gasteiger partial charge on any atom is -0.457 e. The highest BCUT2D eigenvalue weighted by Crippen LogP contribution is 2.29. The molecule has 0 saturated carbocycles. The van der Waals surface area contributed by atoms with Crippen LogP contribution in [0.2, 0.25) is 0 Å². The van der Waals surface area contributed by atoms with Crippen molar-refractivity contribution in [3.8, 4) is 22.6 Å². The number of rotatable bonds is 5. The van der Waals surface area contributed by atoms with Gasteiger partial charge in [-0.1, -0.05) is 42.5 Å². The molecule has 0 aliphatic heterocycles. The Balaban J connectivity index is 1.46. The fourth-order valence-electron chi connectivity index (χ4n) is 3.58. The largest absolute Gasteiger partial charge is 0.457 e. The molecule has 0 aliphatic rings. The van der Waals surface area contributed by atoms with Gasteiger partial charge >= 0.3 is 0 Å². The molecular formula is C27H26N2O. The third-order valence-electron chi connectivity index (χ3n) is 5.33. The summed E-state index contributed by atoms with van der Waals surface area (Å²) in [4.78, 5) is 0. The molecule has 4 N–H and O–H groups in total. The average Bonchev–Trinajstić information content (AvgIpc) is 2.73. The van der Waals surface area contributed by atoms with Crippen LogP contribution in [0.15, 0.2) is 84.9 Å². The normalized spacial score (nSPS) is 10.7. The fourth-order valence-corrected chi connectivity index (χ4v) is 3.58. The van der Waals surface area contributed by atoms with Gasteiger partial charge in [-0.25, -0.2) is 0 Å². The van der Waals surface area contributed by atoms with Crippen molar-refractivity contribution in [1.82, 2.24) is 0 Å². The molecule has 0 radical (unpaired) electrons. The van der Waals surface area contributed by atoms with E-state index in [0.717, 1.165) is 40.4 Å². The van der Waals surface area contributed by atoms with E-state index >= 15 is 0 Å². The van der Waals surface area contributed by atoms with Crippen LogP contribution in [0.3, 0.4) is 0 Å². The number of hydrogen-bond acceptors (Lipinski definition) is 3. The van der Waals surface area contributed by atoms with Gasteiger partial charge in [-0.3, -0.25) is 0 Å². The average molecular weight is 395 g/mol. The third kappa shape index (κ3) is 4.47. The molecule has 0 atom stereocenters. The van der Waals surface area contributed by atoms with Crippen LogP contribution in [-0.2, 0) is 6.42 Å². The van der Waals surface area contributed by atoms with Crippen LogP contribution in [0.1, 0.15) is 22.3 Å². The van der Waals surface area contributed by atoms with Crippen LogP contribution >= 0.6 is 0 Å². The fraction of sp³-hybridized carbons (Fsp3) is 0.111. The maximum atomic E-state index is 6.00. The van der Waals surface area contributed by atoms with E-state index < -0.39 is 0 Å². The standard InChI is InChI=1S/C27H26N2O/c1-18-15-24(28)10-7-23(18)17-20-3-5-21(6-4-20)22-8-12-26(13-9-22)30-27-14-11-25(29)16-19(27)2/h3-16H,17,28-29H2,1-2H3. The van der Waals surface area contributed by atoms with Crippen molar-refractivity contribution < 1.29 is 4.74 Å². The van der Waals surface area contributed by atoms with Crippen LogP contribution in [-0.4, -0.2) is 0 Å². The Labute approximate surface area is 177 Å². The summed E-state index contributed by atoms with van der Waals surface area (Å²) in [5.41, 5.74) is 20.4. The molecule has 0 aromatic heterocycles. The minimum absolute atomic E-state index is 0.741. The molecule has 0 saturated heterocycles. The summed E-state index contributed by atoms with van der Waals surface area (Å²) in [5, 5.41) is 0.